The second-order valence-electron chi connectivity index (χ2n) is 3.45. The van der Waals surface area contributed by atoms with Gasteiger partial charge in [0.15, 0.2) is 0 Å². The van der Waals surface area contributed by atoms with Gasteiger partial charge in [-0.2, -0.15) is 0 Å². The van der Waals surface area contributed by atoms with Gasteiger partial charge in [0, 0.05) is 23.0 Å². The summed E-state index contributed by atoms with van der Waals surface area (Å²) in [6, 6.07) is 5.10. The molecule has 1 aromatic heterocycles. The zero-order chi connectivity index (χ0) is 12.3. The van der Waals surface area contributed by atoms with Crippen LogP contribution in [0.2, 0.25) is 0 Å². The van der Waals surface area contributed by atoms with Crippen LogP contribution < -0.4 is 16.8 Å². The fourth-order valence-electron chi connectivity index (χ4n) is 1.40. The Labute approximate surface area is 102 Å². The Kier molecular flexibility index (Phi) is 3.24. The molecule has 0 aliphatic heterocycles. The van der Waals surface area contributed by atoms with Gasteiger partial charge in [0.05, 0.1) is 12.1 Å². The lowest BCUT2D eigenvalue weighted by Gasteiger charge is -2.07. The fourth-order valence-corrected chi connectivity index (χ4v) is 1.95. The van der Waals surface area contributed by atoms with Gasteiger partial charge in [0.2, 0.25) is 0 Å². The highest BCUT2D eigenvalue weighted by atomic mass is 32.1. The van der Waals surface area contributed by atoms with Gasteiger partial charge in [-0.3, -0.25) is 4.79 Å². The van der Waals surface area contributed by atoms with Crippen molar-refractivity contribution in [3.05, 3.63) is 40.3 Å². The minimum absolute atomic E-state index is 0.328. The summed E-state index contributed by atoms with van der Waals surface area (Å²) in [4.78, 5) is 15.3. The molecule has 0 atom stereocenters. The molecule has 0 radical (unpaired) electrons. The number of carbonyl (C=O) groups excluding carboxylic acids is 1. The Hall–Kier alpha value is -2.08. The van der Waals surface area contributed by atoms with E-state index in [0.29, 0.717) is 17.8 Å². The number of primary amides is 1. The third-order valence-electron chi connectivity index (χ3n) is 2.25. The van der Waals surface area contributed by atoms with Crippen molar-refractivity contribution in [1.29, 1.82) is 0 Å². The highest BCUT2D eigenvalue weighted by Gasteiger charge is 2.06. The number of nitrogen functional groups attached to an aromatic ring is 1. The van der Waals surface area contributed by atoms with Crippen LogP contribution in [0, 0.1) is 0 Å². The van der Waals surface area contributed by atoms with E-state index in [1.807, 2.05) is 5.38 Å². The number of hydrogen-bond acceptors (Lipinski definition) is 5. The zero-order valence-corrected chi connectivity index (χ0v) is 9.83. The Morgan fingerprint density at radius 3 is 2.94 bits per heavy atom. The zero-order valence-electron chi connectivity index (χ0n) is 9.01. The molecule has 5 N–H and O–H groups in total. The summed E-state index contributed by atoms with van der Waals surface area (Å²) in [5, 5.41) is 6.04. The average Bonchev–Trinajstić information content (AvgIpc) is 2.80. The molecular weight excluding hydrogens is 236 g/mol. The van der Waals surface area contributed by atoms with Crippen molar-refractivity contribution in [2.24, 2.45) is 5.73 Å². The number of nitrogens with one attached hydrogen (secondary N) is 1. The van der Waals surface area contributed by atoms with Gasteiger partial charge in [-0.1, -0.05) is 0 Å². The normalized spacial score (nSPS) is 10.1. The van der Waals surface area contributed by atoms with E-state index in [1.54, 1.807) is 35.7 Å². The van der Waals surface area contributed by atoms with E-state index in [0.717, 1.165) is 10.7 Å². The minimum atomic E-state index is -0.527. The maximum absolute atomic E-state index is 11.1. The molecule has 0 spiro atoms. The standard InChI is InChI=1S/C11H12N4OS/c12-9-2-1-7(5-8(9)11(13)16)15-6-10-14-3-4-17-10/h1-5,15H,6,12H2,(H2,13,16). The summed E-state index contributed by atoms with van der Waals surface area (Å²) in [6.07, 6.45) is 1.75. The lowest BCUT2D eigenvalue weighted by atomic mass is 10.1. The van der Waals surface area contributed by atoms with E-state index in [4.69, 9.17) is 11.5 Å². The quantitative estimate of drug-likeness (QED) is 0.713. The van der Waals surface area contributed by atoms with E-state index in [2.05, 4.69) is 10.3 Å². The van der Waals surface area contributed by atoms with Crippen molar-refractivity contribution in [2.75, 3.05) is 11.1 Å². The molecule has 0 bridgehead atoms. The first-order valence-electron chi connectivity index (χ1n) is 4.98. The lowest BCUT2D eigenvalue weighted by molar-refractivity contribution is 0.100. The molecule has 5 nitrogen and oxygen atoms in total. The predicted molar refractivity (Wildman–Crippen MR) is 68.8 cm³/mol. The van der Waals surface area contributed by atoms with Gasteiger partial charge < -0.3 is 16.8 Å². The molecule has 1 heterocycles. The van der Waals surface area contributed by atoms with Gasteiger partial charge in [-0.15, -0.1) is 11.3 Å². The van der Waals surface area contributed by atoms with Crippen LogP contribution >= 0.6 is 11.3 Å². The second kappa shape index (κ2) is 4.84. The molecule has 88 valence electrons. The SMILES string of the molecule is NC(=O)c1cc(NCc2nccs2)ccc1N. The summed E-state index contributed by atoms with van der Waals surface area (Å²) < 4.78 is 0. The smallest absolute Gasteiger partial charge is 0.250 e. The molecule has 6 heteroatoms. The van der Waals surface area contributed by atoms with E-state index in [9.17, 15) is 4.79 Å². The summed E-state index contributed by atoms with van der Waals surface area (Å²) in [5.41, 5.74) is 12.4. The third kappa shape index (κ3) is 2.73. The van der Waals surface area contributed by atoms with Crippen LogP contribution in [0.3, 0.4) is 0 Å². The Morgan fingerprint density at radius 2 is 2.29 bits per heavy atom. The van der Waals surface area contributed by atoms with Crippen molar-refractivity contribution < 1.29 is 4.79 Å². The number of amides is 1. The van der Waals surface area contributed by atoms with Gasteiger partial charge in [-0.25, -0.2) is 4.98 Å². The van der Waals surface area contributed by atoms with Crippen LogP contribution in [-0.2, 0) is 6.54 Å². The number of aromatic nitrogens is 1. The van der Waals surface area contributed by atoms with Gasteiger partial charge in [0.25, 0.3) is 5.91 Å². The maximum Gasteiger partial charge on any atom is 0.250 e. The van der Waals surface area contributed by atoms with Crippen LogP contribution in [0.4, 0.5) is 11.4 Å². The van der Waals surface area contributed by atoms with Crippen LogP contribution in [0.1, 0.15) is 15.4 Å². The van der Waals surface area contributed by atoms with E-state index < -0.39 is 5.91 Å². The van der Waals surface area contributed by atoms with Crippen LogP contribution in [0.25, 0.3) is 0 Å². The topological polar surface area (TPSA) is 94.0 Å². The molecule has 0 aliphatic rings. The number of nitrogens with two attached hydrogens (primary N) is 2. The molecule has 0 saturated carbocycles. The minimum Gasteiger partial charge on any atom is -0.398 e. The highest BCUT2D eigenvalue weighted by Crippen LogP contribution is 2.18. The molecule has 1 aromatic carbocycles. The monoisotopic (exact) mass is 248 g/mol. The number of hydrogen-bond donors (Lipinski definition) is 3. The van der Waals surface area contributed by atoms with Gasteiger partial charge in [0.1, 0.15) is 5.01 Å². The summed E-state index contributed by atoms with van der Waals surface area (Å²) in [5.74, 6) is -0.527. The molecule has 0 unspecified atom stereocenters. The first kappa shape index (κ1) is 11.4. The van der Waals surface area contributed by atoms with Crippen LogP contribution in [-0.4, -0.2) is 10.9 Å². The number of carbonyl (C=O) groups is 1. The van der Waals surface area contributed by atoms with Gasteiger partial charge in [-0.05, 0) is 18.2 Å². The third-order valence-corrected chi connectivity index (χ3v) is 3.03. The number of benzene rings is 1. The highest BCUT2D eigenvalue weighted by molar-refractivity contribution is 7.09. The Morgan fingerprint density at radius 1 is 1.47 bits per heavy atom. The molecule has 2 rings (SSSR count). The molecule has 0 aliphatic carbocycles. The van der Waals surface area contributed by atoms with Crippen LogP contribution in [0.15, 0.2) is 29.8 Å². The van der Waals surface area contributed by atoms with E-state index in [-0.39, 0.29) is 0 Å². The molecular formula is C11H12N4OS. The predicted octanol–water partition coefficient (Wildman–Crippen LogP) is 1.44. The molecule has 17 heavy (non-hydrogen) atoms. The summed E-state index contributed by atoms with van der Waals surface area (Å²) in [6.45, 7) is 0.611. The number of nitrogens with zero attached hydrogens (tertiary/aromatic N) is 1. The first-order valence-corrected chi connectivity index (χ1v) is 5.86. The second-order valence-corrected chi connectivity index (χ2v) is 4.42. The molecule has 0 fully saturated rings. The van der Waals surface area contributed by atoms with Crippen molar-refractivity contribution in [2.45, 2.75) is 6.54 Å². The van der Waals surface area contributed by atoms with Crippen LogP contribution in [0.5, 0.6) is 0 Å². The Bertz CT molecular complexity index is 524. The number of rotatable bonds is 4. The molecule has 0 saturated heterocycles. The fraction of sp³-hybridized carbons (Fsp3) is 0.0909. The van der Waals surface area contributed by atoms with E-state index >= 15 is 0 Å². The van der Waals surface area contributed by atoms with Crippen molar-refractivity contribution >= 4 is 28.6 Å². The summed E-state index contributed by atoms with van der Waals surface area (Å²) >= 11 is 1.57. The molecule has 2 aromatic rings. The number of anilines is 2. The number of thiazole rings is 1. The van der Waals surface area contributed by atoms with Crippen molar-refractivity contribution in [1.82, 2.24) is 4.98 Å². The lowest BCUT2D eigenvalue weighted by Crippen LogP contribution is -2.14. The average molecular weight is 248 g/mol. The largest absolute Gasteiger partial charge is 0.398 e. The summed E-state index contributed by atoms with van der Waals surface area (Å²) in [7, 11) is 0. The first-order chi connectivity index (χ1) is 8.16. The maximum atomic E-state index is 11.1. The van der Waals surface area contributed by atoms with Crippen molar-refractivity contribution in [3.63, 3.8) is 0 Å². The van der Waals surface area contributed by atoms with E-state index in [1.165, 1.54) is 0 Å². The Balaban J connectivity index is 2.11. The van der Waals surface area contributed by atoms with Gasteiger partial charge >= 0.3 is 0 Å². The van der Waals surface area contributed by atoms with Crippen molar-refractivity contribution in [3.8, 4) is 0 Å². The molecule has 1 amide bonds.